The van der Waals surface area contributed by atoms with Crippen molar-refractivity contribution in [2.45, 2.75) is 44.9 Å². The summed E-state index contributed by atoms with van der Waals surface area (Å²) < 4.78 is 5.38. The lowest BCUT2D eigenvalue weighted by molar-refractivity contribution is 0.135. The van der Waals surface area contributed by atoms with Crippen molar-refractivity contribution in [3.05, 3.63) is 29.8 Å². The number of ether oxygens (including phenoxy) is 1. The summed E-state index contributed by atoms with van der Waals surface area (Å²) in [6.45, 7) is 4.66. The summed E-state index contributed by atoms with van der Waals surface area (Å²) in [7, 11) is 0. The third-order valence-electron chi connectivity index (χ3n) is 3.08. The Morgan fingerprint density at radius 2 is 2.00 bits per heavy atom. The second-order valence-corrected chi connectivity index (χ2v) is 4.68. The number of aliphatic hydroxyl groups is 1. The predicted molar refractivity (Wildman–Crippen MR) is 68.2 cm³/mol. The third-order valence-corrected chi connectivity index (χ3v) is 3.08. The fourth-order valence-corrected chi connectivity index (χ4v) is 1.93. The van der Waals surface area contributed by atoms with E-state index in [0.29, 0.717) is 12.6 Å². The maximum Gasteiger partial charge on any atom is 0.119 e. The van der Waals surface area contributed by atoms with Gasteiger partial charge in [-0.3, -0.25) is 0 Å². The molecule has 1 aromatic carbocycles. The SMILES string of the molecule is CCOc1ccc(C(O)C(C)NC2CC2)cc1. The molecule has 1 saturated carbocycles. The predicted octanol–water partition coefficient (Wildman–Crippen LogP) is 2.26. The molecule has 1 aliphatic rings. The summed E-state index contributed by atoms with van der Waals surface area (Å²) in [5.74, 6) is 0.853. The van der Waals surface area contributed by atoms with E-state index in [1.54, 1.807) is 0 Å². The zero-order chi connectivity index (χ0) is 12.3. The van der Waals surface area contributed by atoms with Gasteiger partial charge in [0.15, 0.2) is 0 Å². The van der Waals surface area contributed by atoms with E-state index in [-0.39, 0.29) is 6.04 Å². The molecule has 3 heteroatoms. The van der Waals surface area contributed by atoms with Crippen molar-refractivity contribution in [1.82, 2.24) is 5.32 Å². The van der Waals surface area contributed by atoms with Crippen LogP contribution in [0.3, 0.4) is 0 Å². The average molecular weight is 235 g/mol. The number of hydrogen-bond acceptors (Lipinski definition) is 3. The Kier molecular flexibility index (Phi) is 4.02. The van der Waals surface area contributed by atoms with Gasteiger partial charge in [-0.05, 0) is 44.4 Å². The van der Waals surface area contributed by atoms with Crippen LogP contribution in [-0.2, 0) is 0 Å². The molecule has 0 bridgehead atoms. The van der Waals surface area contributed by atoms with Crippen LogP contribution in [0.5, 0.6) is 5.75 Å². The highest BCUT2D eigenvalue weighted by atomic mass is 16.5. The summed E-state index contributed by atoms with van der Waals surface area (Å²) >= 11 is 0. The van der Waals surface area contributed by atoms with Crippen LogP contribution in [0.1, 0.15) is 38.4 Å². The second-order valence-electron chi connectivity index (χ2n) is 4.68. The van der Waals surface area contributed by atoms with Gasteiger partial charge < -0.3 is 15.2 Å². The molecule has 0 saturated heterocycles. The fourth-order valence-electron chi connectivity index (χ4n) is 1.93. The quantitative estimate of drug-likeness (QED) is 0.794. The summed E-state index contributed by atoms with van der Waals surface area (Å²) in [4.78, 5) is 0. The molecule has 0 heterocycles. The summed E-state index contributed by atoms with van der Waals surface area (Å²) in [5.41, 5.74) is 0.939. The lowest BCUT2D eigenvalue weighted by atomic mass is 10.0. The van der Waals surface area contributed by atoms with Gasteiger partial charge in [-0.2, -0.15) is 0 Å². The first-order valence-corrected chi connectivity index (χ1v) is 6.37. The molecule has 0 aliphatic heterocycles. The van der Waals surface area contributed by atoms with Crippen LogP contribution in [0.15, 0.2) is 24.3 Å². The first kappa shape index (κ1) is 12.4. The first-order valence-electron chi connectivity index (χ1n) is 6.37. The number of rotatable bonds is 6. The van der Waals surface area contributed by atoms with Crippen molar-refractivity contribution in [2.24, 2.45) is 0 Å². The maximum atomic E-state index is 10.2. The molecule has 2 atom stereocenters. The average Bonchev–Trinajstić information content (AvgIpc) is 3.13. The largest absolute Gasteiger partial charge is 0.494 e. The van der Waals surface area contributed by atoms with Crippen LogP contribution in [0, 0.1) is 0 Å². The number of nitrogens with one attached hydrogen (secondary N) is 1. The molecule has 0 spiro atoms. The Hall–Kier alpha value is -1.06. The highest BCUT2D eigenvalue weighted by molar-refractivity contribution is 5.29. The zero-order valence-electron chi connectivity index (χ0n) is 10.5. The molecular weight excluding hydrogens is 214 g/mol. The highest BCUT2D eigenvalue weighted by Crippen LogP contribution is 2.24. The summed E-state index contributed by atoms with van der Waals surface area (Å²) in [6.07, 6.45) is 2.02. The van der Waals surface area contributed by atoms with Gasteiger partial charge in [0.25, 0.3) is 0 Å². The van der Waals surface area contributed by atoms with Gasteiger partial charge in [0.1, 0.15) is 5.75 Å². The Balaban J connectivity index is 1.94. The van der Waals surface area contributed by atoms with Gasteiger partial charge in [0, 0.05) is 12.1 Å². The van der Waals surface area contributed by atoms with Crippen molar-refractivity contribution in [2.75, 3.05) is 6.61 Å². The van der Waals surface area contributed by atoms with E-state index in [0.717, 1.165) is 11.3 Å². The minimum Gasteiger partial charge on any atom is -0.494 e. The number of benzene rings is 1. The lowest BCUT2D eigenvalue weighted by Gasteiger charge is -2.20. The van der Waals surface area contributed by atoms with E-state index in [1.165, 1.54) is 12.8 Å². The lowest BCUT2D eigenvalue weighted by Crippen LogP contribution is -2.33. The van der Waals surface area contributed by atoms with Gasteiger partial charge in [-0.15, -0.1) is 0 Å². The molecule has 2 unspecified atom stereocenters. The number of hydrogen-bond donors (Lipinski definition) is 2. The van der Waals surface area contributed by atoms with Crippen molar-refractivity contribution in [3.8, 4) is 5.75 Å². The molecule has 0 amide bonds. The van der Waals surface area contributed by atoms with E-state index in [2.05, 4.69) is 5.32 Å². The maximum absolute atomic E-state index is 10.2. The summed E-state index contributed by atoms with van der Waals surface area (Å²) in [5, 5.41) is 13.6. The molecule has 1 aromatic rings. The van der Waals surface area contributed by atoms with Gasteiger partial charge in [0.05, 0.1) is 12.7 Å². The smallest absolute Gasteiger partial charge is 0.119 e. The van der Waals surface area contributed by atoms with Crippen LogP contribution in [0.4, 0.5) is 0 Å². The van der Waals surface area contributed by atoms with Crippen LogP contribution < -0.4 is 10.1 Å². The van der Waals surface area contributed by atoms with Crippen LogP contribution in [0.2, 0.25) is 0 Å². The third kappa shape index (κ3) is 3.45. The van der Waals surface area contributed by atoms with Gasteiger partial charge >= 0.3 is 0 Å². The van der Waals surface area contributed by atoms with Crippen LogP contribution in [0.25, 0.3) is 0 Å². The Morgan fingerprint density at radius 3 is 2.53 bits per heavy atom. The summed E-state index contributed by atoms with van der Waals surface area (Å²) in [6, 6.07) is 8.39. The van der Waals surface area contributed by atoms with Crippen molar-refractivity contribution in [3.63, 3.8) is 0 Å². The van der Waals surface area contributed by atoms with Crippen molar-refractivity contribution < 1.29 is 9.84 Å². The van der Waals surface area contributed by atoms with Gasteiger partial charge in [-0.1, -0.05) is 12.1 Å². The van der Waals surface area contributed by atoms with Gasteiger partial charge in [0.2, 0.25) is 0 Å². The van der Waals surface area contributed by atoms with Crippen molar-refractivity contribution >= 4 is 0 Å². The number of aliphatic hydroxyl groups excluding tert-OH is 1. The van der Waals surface area contributed by atoms with Crippen molar-refractivity contribution in [1.29, 1.82) is 0 Å². The molecule has 94 valence electrons. The molecule has 2 N–H and O–H groups in total. The minimum absolute atomic E-state index is 0.0976. The first-order chi connectivity index (χ1) is 8.20. The minimum atomic E-state index is -0.453. The normalized spacial score (nSPS) is 18.8. The van der Waals surface area contributed by atoms with Crippen LogP contribution in [-0.4, -0.2) is 23.8 Å². The van der Waals surface area contributed by atoms with E-state index in [4.69, 9.17) is 4.74 Å². The fraction of sp³-hybridized carbons (Fsp3) is 0.571. The second kappa shape index (κ2) is 5.52. The molecule has 1 aliphatic carbocycles. The van der Waals surface area contributed by atoms with E-state index in [1.807, 2.05) is 38.1 Å². The molecule has 3 nitrogen and oxygen atoms in total. The van der Waals surface area contributed by atoms with Gasteiger partial charge in [-0.25, -0.2) is 0 Å². The molecule has 17 heavy (non-hydrogen) atoms. The standard InChI is InChI=1S/C14H21NO2/c1-3-17-13-8-4-11(5-9-13)14(16)10(2)15-12-6-7-12/h4-5,8-10,12,14-16H,3,6-7H2,1-2H3. The van der Waals surface area contributed by atoms with Crippen LogP contribution >= 0.6 is 0 Å². The molecule has 2 rings (SSSR count). The van der Waals surface area contributed by atoms with E-state index < -0.39 is 6.10 Å². The molecule has 0 aromatic heterocycles. The Bertz CT molecular complexity index is 346. The molecule has 1 fully saturated rings. The Morgan fingerprint density at radius 1 is 1.35 bits per heavy atom. The molecule has 0 radical (unpaired) electrons. The monoisotopic (exact) mass is 235 g/mol. The highest BCUT2D eigenvalue weighted by Gasteiger charge is 2.26. The Labute approximate surface area is 103 Å². The molecular formula is C14H21NO2. The topological polar surface area (TPSA) is 41.5 Å². The van der Waals surface area contributed by atoms with E-state index >= 15 is 0 Å². The van der Waals surface area contributed by atoms with E-state index in [9.17, 15) is 5.11 Å². The zero-order valence-corrected chi connectivity index (χ0v) is 10.5.